The van der Waals surface area contributed by atoms with Crippen LogP contribution in [0.15, 0.2) is 54.0 Å². The second kappa shape index (κ2) is 6.57. The van der Waals surface area contributed by atoms with Gasteiger partial charge >= 0.3 is 6.03 Å². The molecule has 1 unspecified atom stereocenters. The smallest absolute Gasteiger partial charge is 0.319 e. The minimum atomic E-state index is -0.333. The van der Waals surface area contributed by atoms with Crippen LogP contribution in [-0.2, 0) is 11.3 Å². The monoisotopic (exact) mass is 325 g/mol. The highest BCUT2D eigenvalue weighted by Crippen LogP contribution is 2.15. The fourth-order valence-corrected chi connectivity index (χ4v) is 2.80. The molecule has 0 aliphatic carbocycles. The van der Waals surface area contributed by atoms with Gasteiger partial charge in [0.25, 0.3) is 5.91 Å². The van der Waals surface area contributed by atoms with Gasteiger partial charge in [0.2, 0.25) is 0 Å². The van der Waals surface area contributed by atoms with E-state index in [4.69, 9.17) is 0 Å². The Morgan fingerprint density at radius 1 is 1.33 bits per heavy atom. The number of para-hydroxylation sites is 1. The number of allylic oxidation sites excluding steroid dienone is 1. The maximum atomic E-state index is 12.5. The van der Waals surface area contributed by atoms with Crippen molar-refractivity contribution in [3.63, 3.8) is 0 Å². The van der Waals surface area contributed by atoms with Gasteiger partial charge in [0, 0.05) is 24.6 Å². The number of carbonyl (C=O) groups is 2. The van der Waals surface area contributed by atoms with Gasteiger partial charge < -0.3 is 16.0 Å². The molecule has 1 aromatic carbocycles. The molecular weight excluding hydrogens is 306 g/mol. The van der Waals surface area contributed by atoms with Crippen LogP contribution in [-0.4, -0.2) is 27.8 Å². The highest BCUT2D eigenvalue weighted by atomic mass is 16.2. The Morgan fingerprint density at radius 3 is 2.83 bits per heavy atom. The van der Waals surface area contributed by atoms with Crippen molar-refractivity contribution in [1.82, 2.24) is 25.7 Å². The van der Waals surface area contributed by atoms with Crippen LogP contribution in [0.5, 0.6) is 0 Å². The van der Waals surface area contributed by atoms with Crippen LogP contribution in [0.1, 0.15) is 19.4 Å². The highest BCUT2D eigenvalue weighted by molar-refractivity contribution is 5.98. The van der Waals surface area contributed by atoms with Crippen molar-refractivity contribution in [1.29, 1.82) is 0 Å². The largest absolute Gasteiger partial charge is 0.348 e. The first-order valence-corrected chi connectivity index (χ1v) is 7.70. The van der Waals surface area contributed by atoms with Crippen molar-refractivity contribution in [2.75, 3.05) is 0 Å². The summed E-state index contributed by atoms with van der Waals surface area (Å²) < 4.78 is 1.76. The van der Waals surface area contributed by atoms with Crippen molar-refractivity contribution < 1.29 is 9.59 Å². The van der Waals surface area contributed by atoms with Crippen molar-refractivity contribution in [2.45, 2.75) is 26.4 Å². The summed E-state index contributed by atoms with van der Waals surface area (Å²) in [5, 5.41) is 12.5. The van der Waals surface area contributed by atoms with Gasteiger partial charge in [0.1, 0.15) is 0 Å². The van der Waals surface area contributed by atoms with E-state index in [0.29, 0.717) is 17.8 Å². The molecule has 7 nitrogen and oxygen atoms in total. The lowest BCUT2D eigenvalue weighted by Gasteiger charge is -2.25. The lowest BCUT2D eigenvalue weighted by Crippen LogP contribution is -2.50. The molecule has 7 heteroatoms. The average Bonchev–Trinajstić information content (AvgIpc) is 3.06. The van der Waals surface area contributed by atoms with E-state index in [1.54, 1.807) is 24.7 Å². The summed E-state index contributed by atoms with van der Waals surface area (Å²) in [5.41, 5.74) is 2.97. The first kappa shape index (κ1) is 15.8. The highest BCUT2D eigenvalue weighted by Gasteiger charge is 2.26. The molecule has 1 aromatic heterocycles. The molecule has 1 atom stereocenters. The SMILES string of the molecule is CC1=C(C(=O)NCc2ccccc2-n2cccn2)C(C)NC(=O)N1. The Kier molecular flexibility index (Phi) is 4.33. The number of rotatable bonds is 4. The van der Waals surface area contributed by atoms with Gasteiger partial charge in [-0.15, -0.1) is 0 Å². The average molecular weight is 325 g/mol. The molecule has 0 radical (unpaired) electrons. The number of nitrogens with zero attached hydrogens (tertiary/aromatic N) is 2. The molecule has 0 saturated heterocycles. The van der Waals surface area contributed by atoms with E-state index < -0.39 is 0 Å². The predicted molar refractivity (Wildman–Crippen MR) is 89.2 cm³/mol. The molecule has 124 valence electrons. The minimum absolute atomic E-state index is 0.206. The lowest BCUT2D eigenvalue weighted by molar-refractivity contribution is -0.118. The molecule has 3 amide bonds. The number of aromatic nitrogens is 2. The van der Waals surface area contributed by atoms with Crippen LogP contribution in [0.3, 0.4) is 0 Å². The number of urea groups is 1. The van der Waals surface area contributed by atoms with E-state index in [1.807, 2.05) is 36.5 Å². The second-order valence-electron chi connectivity index (χ2n) is 5.62. The molecule has 0 spiro atoms. The summed E-state index contributed by atoms with van der Waals surface area (Å²) in [5.74, 6) is -0.206. The molecule has 3 N–H and O–H groups in total. The molecule has 0 fully saturated rings. The van der Waals surface area contributed by atoms with E-state index in [2.05, 4.69) is 21.0 Å². The molecular formula is C17H19N5O2. The third-order valence-electron chi connectivity index (χ3n) is 3.91. The molecule has 1 aliphatic rings. The van der Waals surface area contributed by atoms with Gasteiger partial charge in [-0.1, -0.05) is 18.2 Å². The number of benzene rings is 1. The minimum Gasteiger partial charge on any atom is -0.348 e. The summed E-state index contributed by atoms with van der Waals surface area (Å²) in [7, 11) is 0. The topological polar surface area (TPSA) is 88.1 Å². The van der Waals surface area contributed by atoms with Gasteiger partial charge in [-0.3, -0.25) is 4.79 Å². The van der Waals surface area contributed by atoms with Crippen molar-refractivity contribution in [3.05, 3.63) is 59.6 Å². The summed E-state index contributed by atoms with van der Waals surface area (Å²) in [4.78, 5) is 23.9. The summed E-state index contributed by atoms with van der Waals surface area (Å²) >= 11 is 0. The van der Waals surface area contributed by atoms with Crippen molar-refractivity contribution >= 4 is 11.9 Å². The van der Waals surface area contributed by atoms with Crippen LogP contribution in [0.4, 0.5) is 4.79 Å². The molecule has 3 rings (SSSR count). The van der Waals surface area contributed by atoms with Crippen molar-refractivity contribution in [2.24, 2.45) is 0 Å². The predicted octanol–water partition coefficient (Wildman–Crippen LogP) is 1.46. The molecule has 2 heterocycles. The quantitative estimate of drug-likeness (QED) is 0.795. The zero-order valence-electron chi connectivity index (χ0n) is 13.5. The van der Waals surface area contributed by atoms with Gasteiger partial charge in [-0.25, -0.2) is 9.48 Å². The second-order valence-corrected chi connectivity index (χ2v) is 5.62. The third-order valence-corrected chi connectivity index (χ3v) is 3.91. The number of amides is 3. The van der Waals surface area contributed by atoms with Crippen LogP contribution in [0, 0.1) is 0 Å². The Labute approximate surface area is 139 Å². The molecule has 0 bridgehead atoms. The first-order chi connectivity index (χ1) is 11.6. The number of hydrogen-bond donors (Lipinski definition) is 3. The van der Waals surface area contributed by atoms with Crippen LogP contribution >= 0.6 is 0 Å². The van der Waals surface area contributed by atoms with E-state index in [-0.39, 0.29) is 18.0 Å². The molecule has 0 saturated carbocycles. The van der Waals surface area contributed by atoms with Gasteiger partial charge in [-0.2, -0.15) is 5.10 Å². The fourth-order valence-electron chi connectivity index (χ4n) is 2.80. The zero-order chi connectivity index (χ0) is 17.1. The standard InChI is InChI=1S/C17H19N5O2/c1-11-15(12(2)21-17(24)20-11)16(23)18-10-13-6-3-4-7-14(13)22-9-5-8-19-22/h3-9,11H,10H2,1-2H3,(H,18,23)(H2,20,21,24). The number of carbonyl (C=O) groups excluding carboxylic acids is 2. The van der Waals surface area contributed by atoms with Gasteiger partial charge in [0.05, 0.1) is 17.3 Å². The Hall–Kier alpha value is -3.09. The normalized spacial score (nSPS) is 17.2. The third kappa shape index (κ3) is 3.15. The van der Waals surface area contributed by atoms with Crippen molar-refractivity contribution in [3.8, 4) is 5.69 Å². The summed E-state index contributed by atoms with van der Waals surface area (Å²) in [6, 6.07) is 8.97. The summed E-state index contributed by atoms with van der Waals surface area (Å²) in [6.07, 6.45) is 3.57. The maximum Gasteiger partial charge on any atom is 0.319 e. The lowest BCUT2D eigenvalue weighted by atomic mass is 10.0. The van der Waals surface area contributed by atoms with Crippen LogP contribution in [0.2, 0.25) is 0 Å². The summed E-state index contributed by atoms with van der Waals surface area (Å²) in [6.45, 7) is 3.88. The zero-order valence-corrected chi connectivity index (χ0v) is 13.5. The Bertz CT molecular complexity index is 795. The van der Waals surface area contributed by atoms with E-state index >= 15 is 0 Å². The van der Waals surface area contributed by atoms with Crippen LogP contribution in [0.25, 0.3) is 5.69 Å². The van der Waals surface area contributed by atoms with Gasteiger partial charge in [0.15, 0.2) is 0 Å². The first-order valence-electron chi connectivity index (χ1n) is 7.70. The Morgan fingerprint density at radius 2 is 2.12 bits per heavy atom. The van der Waals surface area contributed by atoms with E-state index in [0.717, 1.165) is 11.3 Å². The molecule has 1 aliphatic heterocycles. The fraction of sp³-hybridized carbons (Fsp3) is 0.235. The number of nitrogens with one attached hydrogen (secondary N) is 3. The molecule has 24 heavy (non-hydrogen) atoms. The van der Waals surface area contributed by atoms with E-state index in [1.165, 1.54) is 0 Å². The maximum absolute atomic E-state index is 12.5. The van der Waals surface area contributed by atoms with E-state index in [9.17, 15) is 9.59 Å². The Balaban J connectivity index is 1.76. The van der Waals surface area contributed by atoms with Crippen LogP contribution < -0.4 is 16.0 Å². The van der Waals surface area contributed by atoms with Gasteiger partial charge in [-0.05, 0) is 31.5 Å². The molecule has 2 aromatic rings. The number of hydrogen-bond acceptors (Lipinski definition) is 3.